The molecule has 5 aromatic rings. The van der Waals surface area contributed by atoms with Crippen molar-refractivity contribution in [1.82, 2.24) is 4.98 Å². The molecule has 0 amide bonds. The van der Waals surface area contributed by atoms with Crippen molar-refractivity contribution in [2.45, 2.75) is 19.8 Å². The molecule has 0 saturated carbocycles. The maximum absolute atomic E-state index is 12.1. The highest BCUT2D eigenvalue weighted by Gasteiger charge is 2.19. The van der Waals surface area contributed by atoms with Gasteiger partial charge in [-0.25, -0.2) is 4.79 Å². The number of hydrogen-bond donors (Lipinski definition) is 3. The van der Waals surface area contributed by atoms with Gasteiger partial charge < -0.3 is 15.4 Å². The fraction of sp³-hybridized carbons (Fsp3) is 0.138. The highest BCUT2D eigenvalue weighted by molar-refractivity contribution is 6.03. The molecule has 33 heavy (non-hydrogen) atoms. The summed E-state index contributed by atoms with van der Waals surface area (Å²) in [6.45, 7) is 2.84. The molecule has 1 aromatic heterocycles. The molecule has 0 fully saturated rings. The number of aromatic amines is 1. The van der Waals surface area contributed by atoms with Crippen LogP contribution in [0.15, 0.2) is 84.9 Å². The van der Waals surface area contributed by atoms with Gasteiger partial charge in [0.2, 0.25) is 0 Å². The number of fused-ring (bicyclic) bond motifs is 2. The molecule has 4 heteroatoms. The van der Waals surface area contributed by atoms with E-state index in [0.717, 1.165) is 51.8 Å². The van der Waals surface area contributed by atoms with Crippen molar-refractivity contribution in [1.29, 1.82) is 0 Å². The van der Waals surface area contributed by atoms with Gasteiger partial charge in [0.1, 0.15) is 5.69 Å². The van der Waals surface area contributed by atoms with E-state index in [0.29, 0.717) is 6.42 Å². The van der Waals surface area contributed by atoms with Gasteiger partial charge in [-0.3, -0.25) is 0 Å². The van der Waals surface area contributed by atoms with Gasteiger partial charge in [-0.05, 0) is 47.9 Å². The number of hydrogen-bond acceptors (Lipinski definition) is 2. The van der Waals surface area contributed by atoms with Gasteiger partial charge in [-0.2, -0.15) is 0 Å². The lowest BCUT2D eigenvalue weighted by molar-refractivity contribution is 0.0690. The first-order valence-electron chi connectivity index (χ1n) is 11.3. The van der Waals surface area contributed by atoms with Crippen molar-refractivity contribution in [3.63, 3.8) is 0 Å². The Labute approximate surface area is 192 Å². The maximum atomic E-state index is 12.1. The summed E-state index contributed by atoms with van der Waals surface area (Å²) in [5.74, 6) is -0.918. The predicted molar refractivity (Wildman–Crippen MR) is 136 cm³/mol. The highest BCUT2D eigenvalue weighted by Crippen LogP contribution is 2.34. The Morgan fingerprint density at radius 3 is 2.39 bits per heavy atom. The van der Waals surface area contributed by atoms with Crippen LogP contribution in [0.25, 0.3) is 32.8 Å². The van der Waals surface area contributed by atoms with Crippen molar-refractivity contribution < 1.29 is 9.90 Å². The average Bonchev–Trinajstić information content (AvgIpc) is 3.21. The van der Waals surface area contributed by atoms with E-state index in [4.69, 9.17) is 0 Å². The molecule has 0 spiro atoms. The molecule has 0 aliphatic carbocycles. The Bertz CT molecular complexity index is 1460. The third-order valence-electron chi connectivity index (χ3n) is 6.30. The Morgan fingerprint density at radius 1 is 0.848 bits per heavy atom. The zero-order valence-electron chi connectivity index (χ0n) is 18.6. The van der Waals surface area contributed by atoms with Crippen LogP contribution in [0.5, 0.6) is 0 Å². The predicted octanol–water partition coefficient (Wildman–Crippen LogP) is 7.04. The van der Waals surface area contributed by atoms with Crippen LogP contribution in [0.1, 0.15) is 28.0 Å². The van der Waals surface area contributed by atoms with E-state index < -0.39 is 5.97 Å². The third-order valence-corrected chi connectivity index (χ3v) is 6.30. The second kappa shape index (κ2) is 8.83. The van der Waals surface area contributed by atoms with Crippen LogP contribution in [-0.4, -0.2) is 22.6 Å². The molecule has 164 valence electrons. The smallest absolute Gasteiger partial charge is 0.352 e. The van der Waals surface area contributed by atoms with Crippen LogP contribution in [0.3, 0.4) is 0 Å². The topological polar surface area (TPSA) is 65.1 Å². The molecule has 5 rings (SSSR count). The van der Waals surface area contributed by atoms with Crippen LogP contribution < -0.4 is 5.32 Å². The van der Waals surface area contributed by atoms with Crippen LogP contribution in [0, 0.1) is 6.92 Å². The van der Waals surface area contributed by atoms with E-state index >= 15 is 0 Å². The van der Waals surface area contributed by atoms with Gasteiger partial charge in [0.05, 0.1) is 5.52 Å². The molecule has 0 atom stereocenters. The fourth-order valence-corrected chi connectivity index (χ4v) is 4.68. The monoisotopic (exact) mass is 434 g/mol. The molecule has 0 aliphatic heterocycles. The fourth-order valence-electron chi connectivity index (χ4n) is 4.68. The number of para-hydroxylation sites is 1. The Hall–Kier alpha value is -4.05. The zero-order chi connectivity index (χ0) is 22.8. The minimum Gasteiger partial charge on any atom is -0.477 e. The van der Waals surface area contributed by atoms with Gasteiger partial charge in [0.25, 0.3) is 0 Å². The lowest BCUT2D eigenvalue weighted by Gasteiger charge is -2.10. The quantitative estimate of drug-likeness (QED) is 0.241. The van der Waals surface area contributed by atoms with Gasteiger partial charge in [0.15, 0.2) is 0 Å². The van der Waals surface area contributed by atoms with E-state index in [1.165, 1.54) is 10.8 Å². The summed E-state index contributed by atoms with van der Waals surface area (Å²) in [7, 11) is 0. The van der Waals surface area contributed by atoms with Crippen LogP contribution in [0.2, 0.25) is 0 Å². The molecule has 3 N–H and O–H groups in total. The number of rotatable bonds is 7. The Kier molecular flexibility index (Phi) is 5.57. The molecular weight excluding hydrogens is 408 g/mol. The van der Waals surface area contributed by atoms with Crippen LogP contribution in [-0.2, 0) is 6.42 Å². The van der Waals surface area contributed by atoms with E-state index in [2.05, 4.69) is 65.8 Å². The van der Waals surface area contributed by atoms with Gasteiger partial charge in [0, 0.05) is 28.6 Å². The zero-order valence-corrected chi connectivity index (χ0v) is 18.6. The molecule has 0 saturated heterocycles. The second-order valence-electron chi connectivity index (χ2n) is 8.38. The van der Waals surface area contributed by atoms with Crippen molar-refractivity contribution in [2.75, 3.05) is 11.9 Å². The number of aromatic carboxylic acids is 1. The molecule has 0 unspecified atom stereocenters. The van der Waals surface area contributed by atoms with Crippen molar-refractivity contribution in [3.8, 4) is 11.1 Å². The second-order valence-corrected chi connectivity index (χ2v) is 8.38. The summed E-state index contributed by atoms with van der Waals surface area (Å²) in [5, 5.41) is 16.8. The molecular formula is C29H26N2O2. The SMILES string of the molecule is Cc1ccccc1-c1cccc2c(CCCNc3cccc4ccccc34)c(C(=O)O)[nH]c12. The molecule has 0 bridgehead atoms. The number of carbonyl (C=O) groups is 1. The lowest BCUT2D eigenvalue weighted by atomic mass is 9.97. The number of anilines is 1. The number of aromatic nitrogens is 1. The first-order chi connectivity index (χ1) is 16.1. The normalized spacial score (nSPS) is 11.2. The summed E-state index contributed by atoms with van der Waals surface area (Å²) in [5.41, 5.74) is 6.47. The highest BCUT2D eigenvalue weighted by atomic mass is 16.4. The summed E-state index contributed by atoms with van der Waals surface area (Å²) in [6.07, 6.45) is 1.50. The minimum atomic E-state index is -0.918. The van der Waals surface area contributed by atoms with Crippen molar-refractivity contribution in [3.05, 3.63) is 102 Å². The first-order valence-corrected chi connectivity index (χ1v) is 11.3. The lowest BCUT2D eigenvalue weighted by Crippen LogP contribution is -2.06. The number of benzene rings is 4. The summed E-state index contributed by atoms with van der Waals surface area (Å²) in [4.78, 5) is 15.3. The Morgan fingerprint density at radius 2 is 1.55 bits per heavy atom. The van der Waals surface area contributed by atoms with Crippen LogP contribution >= 0.6 is 0 Å². The minimum absolute atomic E-state index is 0.288. The van der Waals surface area contributed by atoms with E-state index in [1.807, 2.05) is 36.4 Å². The molecule has 0 aliphatic rings. The Balaban J connectivity index is 1.42. The molecule has 0 radical (unpaired) electrons. The van der Waals surface area contributed by atoms with Crippen molar-refractivity contribution in [2.24, 2.45) is 0 Å². The summed E-state index contributed by atoms with van der Waals surface area (Å²) >= 11 is 0. The number of nitrogens with one attached hydrogen (secondary N) is 2. The maximum Gasteiger partial charge on any atom is 0.352 e. The number of carboxylic acids is 1. The number of aryl methyl sites for hydroxylation is 2. The third kappa shape index (κ3) is 3.96. The summed E-state index contributed by atoms with van der Waals surface area (Å²) in [6, 6.07) is 28.9. The van der Waals surface area contributed by atoms with Crippen LogP contribution in [0.4, 0.5) is 5.69 Å². The van der Waals surface area contributed by atoms with Gasteiger partial charge >= 0.3 is 5.97 Å². The van der Waals surface area contributed by atoms with E-state index in [9.17, 15) is 9.90 Å². The van der Waals surface area contributed by atoms with Gasteiger partial charge in [-0.15, -0.1) is 0 Å². The van der Waals surface area contributed by atoms with Gasteiger partial charge in [-0.1, -0.05) is 78.9 Å². The molecule has 4 nitrogen and oxygen atoms in total. The number of H-pyrrole nitrogens is 1. The number of carboxylic acid groups (broad SMARTS) is 1. The van der Waals surface area contributed by atoms with Crippen molar-refractivity contribution >= 4 is 33.3 Å². The average molecular weight is 435 g/mol. The summed E-state index contributed by atoms with van der Waals surface area (Å²) < 4.78 is 0. The largest absolute Gasteiger partial charge is 0.477 e. The molecule has 1 heterocycles. The van der Waals surface area contributed by atoms with E-state index in [-0.39, 0.29) is 5.69 Å². The standard InChI is InChI=1S/C29H26N2O2/c1-19-9-2-4-12-21(19)23-14-7-15-24-25(28(29(32)33)31-27(23)24)16-8-18-30-26-17-6-11-20-10-3-5-13-22(20)26/h2-7,9-15,17,30-31H,8,16,18H2,1H3,(H,32,33). The molecule has 4 aromatic carbocycles. The van der Waals surface area contributed by atoms with E-state index in [1.54, 1.807) is 0 Å². The first kappa shape index (κ1) is 20.8.